The van der Waals surface area contributed by atoms with Crippen molar-refractivity contribution in [2.45, 2.75) is 24.9 Å². The second kappa shape index (κ2) is 6.53. The van der Waals surface area contributed by atoms with Crippen LogP contribution in [-0.2, 0) is 21.5 Å². The Kier molecular flexibility index (Phi) is 4.42. The molecule has 0 radical (unpaired) electrons. The van der Waals surface area contributed by atoms with Gasteiger partial charge in [-0.1, -0.05) is 48.5 Å². The van der Waals surface area contributed by atoms with E-state index in [1.54, 1.807) is 0 Å². The molecule has 5 heteroatoms. The zero-order valence-corrected chi connectivity index (χ0v) is 13.7. The molecule has 0 saturated carbocycles. The normalized spacial score (nSPS) is 22.5. The minimum Gasteiger partial charge on any atom is -0.545 e. The van der Waals surface area contributed by atoms with Gasteiger partial charge in [-0.15, -0.1) is 0 Å². The molecule has 2 atom stereocenters. The number of rotatable bonds is 2. The SMILES string of the molecule is C[C@]12N[C@H](Cc3ccccc31)c1ccccc12.O=C([O-])/C=C\C(=O)[O-]. The number of fused-ring (bicyclic) bond motifs is 7. The fraction of sp³-hybridized carbons (Fsp3) is 0.200. The minimum atomic E-state index is -1.55. The van der Waals surface area contributed by atoms with Crippen LogP contribution in [0.1, 0.15) is 35.2 Å². The van der Waals surface area contributed by atoms with Crippen molar-refractivity contribution in [3.8, 4) is 0 Å². The van der Waals surface area contributed by atoms with Crippen LogP contribution in [0.15, 0.2) is 60.7 Å². The van der Waals surface area contributed by atoms with Gasteiger partial charge in [0.15, 0.2) is 0 Å². The van der Waals surface area contributed by atoms with Crippen molar-refractivity contribution in [3.05, 3.63) is 82.9 Å². The number of nitrogens with one attached hydrogen (secondary N) is 1. The lowest BCUT2D eigenvalue weighted by Crippen LogP contribution is -2.41. The summed E-state index contributed by atoms with van der Waals surface area (Å²) in [6, 6.07) is 18.2. The first-order valence-electron chi connectivity index (χ1n) is 7.97. The Morgan fingerprint density at radius 3 is 2.20 bits per heavy atom. The minimum absolute atomic E-state index is 0.0100. The maximum atomic E-state index is 9.41. The molecular formula is C20H17NO4-2. The molecule has 0 spiro atoms. The van der Waals surface area contributed by atoms with E-state index in [2.05, 4.69) is 60.8 Å². The number of hydrogen-bond donors (Lipinski definition) is 1. The smallest absolute Gasteiger partial charge is 0.0672 e. The van der Waals surface area contributed by atoms with Crippen LogP contribution in [0, 0.1) is 0 Å². The van der Waals surface area contributed by atoms with Gasteiger partial charge in [0, 0.05) is 6.04 Å². The number of carboxylic acid groups (broad SMARTS) is 2. The highest BCUT2D eigenvalue weighted by Gasteiger charge is 2.45. The molecule has 0 aromatic heterocycles. The summed E-state index contributed by atoms with van der Waals surface area (Å²) in [7, 11) is 0. The molecule has 1 N–H and O–H groups in total. The Balaban J connectivity index is 0.000000197. The maximum absolute atomic E-state index is 9.41. The fourth-order valence-corrected chi connectivity index (χ4v) is 3.69. The predicted octanol–water partition coefficient (Wildman–Crippen LogP) is 0.193. The lowest BCUT2D eigenvalue weighted by Gasteiger charge is -2.34. The highest BCUT2D eigenvalue weighted by atomic mass is 16.4. The Morgan fingerprint density at radius 2 is 1.56 bits per heavy atom. The third kappa shape index (κ3) is 3.19. The first-order chi connectivity index (χ1) is 11.9. The molecule has 0 saturated heterocycles. The molecule has 0 unspecified atom stereocenters. The summed E-state index contributed by atoms with van der Waals surface area (Å²) >= 11 is 0. The quantitative estimate of drug-likeness (QED) is 0.791. The summed E-state index contributed by atoms with van der Waals surface area (Å²) in [5.74, 6) is -3.09. The largest absolute Gasteiger partial charge is 0.545 e. The van der Waals surface area contributed by atoms with Crippen molar-refractivity contribution in [1.29, 1.82) is 0 Å². The lowest BCUT2D eigenvalue weighted by molar-refractivity contribution is -0.301. The van der Waals surface area contributed by atoms with E-state index in [1.165, 1.54) is 22.3 Å². The molecular weight excluding hydrogens is 318 g/mol. The molecule has 0 fully saturated rings. The van der Waals surface area contributed by atoms with Crippen molar-refractivity contribution >= 4 is 11.9 Å². The van der Waals surface area contributed by atoms with E-state index >= 15 is 0 Å². The highest BCUT2D eigenvalue weighted by Crippen LogP contribution is 2.47. The van der Waals surface area contributed by atoms with Gasteiger partial charge >= 0.3 is 0 Å². The molecule has 4 rings (SSSR count). The zero-order chi connectivity index (χ0) is 18.0. The Hall–Kier alpha value is -2.92. The number of carbonyl (C=O) groups is 2. The zero-order valence-electron chi connectivity index (χ0n) is 13.7. The summed E-state index contributed by atoms with van der Waals surface area (Å²) in [4.78, 5) is 18.8. The van der Waals surface area contributed by atoms with Gasteiger partial charge in [-0.3, -0.25) is 5.32 Å². The molecule has 2 aliphatic heterocycles. The van der Waals surface area contributed by atoms with Gasteiger partial charge in [0.1, 0.15) is 0 Å². The molecule has 128 valence electrons. The molecule has 0 amide bonds. The van der Waals surface area contributed by atoms with Crippen LogP contribution in [-0.4, -0.2) is 11.9 Å². The molecule has 25 heavy (non-hydrogen) atoms. The average Bonchev–Trinajstić information content (AvgIpc) is 2.83. The molecule has 2 heterocycles. The van der Waals surface area contributed by atoms with E-state index in [0.29, 0.717) is 18.2 Å². The van der Waals surface area contributed by atoms with Crippen molar-refractivity contribution < 1.29 is 19.8 Å². The predicted molar refractivity (Wildman–Crippen MR) is 88.1 cm³/mol. The molecule has 2 bridgehead atoms. The van der Waals surface area contributed by atoms with Crippen LogP contribution in [0.25, 0.3) is 0 Å². The van der Waals surface area contributed by atoms with Gasteiger partial charge in [0.05, 0.1) is 17.5 Å². The van der Waals surface area contributed by atoms with Gasteiger partial charge in [-0.05, 0) is 47.8 Å². The third-order valence-electron chi connectivity index (χ3n) is 4.67. The van der Waals surface area contributed by atoms with Gasteiger partial charge in [-0.2, -0.15) is 0 Å². The topological polar surface area (TPSA) is 92.3 Å². The van der Waals surface area contributed by atoms with Crippen LogP contribution in [0.4, 0.5) is 0 Å². The lowest BCUT2D eigenvalue weighted by atomic mass is 9.82. The molecule has 2 aromatic carbocycles. The van der Waals surface area contributed by atoms with Crippen LogP contribution in [0.3, 0.4) is 0 Å². The third-order valence-corrected chi connectivity index (χ3v) is 4.67. The standard InChI is InChI=1S/C16H15N.C4H4O4/c1-16-13-8-4-2-6-11(13)10-15(17-16)12-7-3-5-9-14(12)16;5-3(6)1-2-4(7)8/h2-9,15,17H,10H2,1H3;1-2H,(H,5,6)(H,7,8)/p-2/b;2-1-/t15-,16+;/m1./s1. The summed E-state index contributed by atoms with van der Waals surface area (Å²) in [5.41, 5.74) is 5.88. The second-order valence-electron chi connectivity index (χ2n) is 6.24. The van der Waals surface area contributed by atoms with Crippen molar-refractivity contribution in [1.82, 2.24) is 5.32 Å². The Bertz CT molecular complexity index is 829. The molecule has 2 aliphatic rings. The number of benzene rings is 2. The van der Waals surface area contributed by atoms with Gasteiger partial charge in [0.25, 0.3) is 0 Å². The second-order valence-corrected chi connectivity index (χ2v) is 6.24. The first-order valence-corrected chi connectivity index (χ1v) is 7.97. The van der Waals surface area contributed by atoms with Gasteiger partial charge in [-0.25, -0.2) is 0 Å². The van der Waals surface area contributed by atoms with Crippen LogP contribution < -0.4 is 15.5 Å². The number of aliphatic carboxylic acids is 2. The fourth-order valence-electron chi connectivity index (χ4n) is 3.69. The van der Waals surface area contributed by atoms with E-state index in [0.717, 1.165) is 6.42 Å². The highest BCUT2D eigenvalue weighted by molar-refractivity contribution is 5.87. The summed E-state index contributed by atoms with van der Waals surface area (Å²) in [6.07, 6.45) is 1.88. The Morgan fingerprint density at radius 1 is 1.00 bits per heavy atom. The Labute approximate surface area is 145 Å². The summed E-state index contributed by atoms with van der Waals surface area (Å²) in [6.45, 7) is 2.31. The van der Waals surface area contributed by atoms with Crippen molar-refractivity contribution in [2.24, 2.45) is 0 Å². The van der Waals surface area contributed by atoms with E-state index in [1.807, 2.05) is 0 Å². The number of carboxylic acids is 2. The first kappa shape index (κ1) is 16.9. The van der Waals surface area contributed by atoms with E-state index < -0.39 is 11.9 Å². The summed E-state index contributed by atoms with van der Waals surface area (Å²) in [5, 5.41) is 22.6. The van der Waals surface area contributed by atoms with Gasteiger partial charge in [0.2, 0.25) is 0 Å². The van der Waals surface area contributed by atoms with Crippen LogP contribution in [0.5, 0.6) is 0 Å². The van der Waals surface area contributed by atoms with E-state index in [4.69, 9.17) is 0 Å². The van der Waals surface area contributed by atoms with Crippen LogP contribution >= 0.6 is 0 Å². The molecule has 5 nitrogen and oxygen atoms in total. The maximum Gasteiger partial charge on any atom is 0.0672 e. The number of hydrogen-bond acceptors (Lipinski definition) is 5. The number of carbonyl (C=O) groups excluding carboxylic acids is 2. The van der Waals surface area contributed by atoms with Gasteiger partial charge < -0.3 is 19.8 Å². The van der Waals surface area contributed by atoms with E-state index in [-0.39, 0.29) is 5.54 Å². The van der Waals surface area contributed by atoms with Crippen LogP contribution in [0.2, 0.25) is 0 Å². The monoisotopic (exact) mass is 335 g/mol. The molecule has 2 aromatic rings. The molecule has 0 aliphatic carbocycles. The summed E-state index contributed by atoms with van der Waals surface area (Å²) < 4.78 is 0. The van der Waals surface area contributed by atoms with E-state index in [9.17, 15) is 19.8 Å². The average molecular weight is 335 g/mol. The van der Waals surface area contributed by atoms with Crippen molar-refractivity contribution in [3.63, 3.8) is 0 Å². The van der Waals surface area contributed by atoms with Crippen molar-refractivity contribution in [2.75, 3.05) is 0 Å².